The number of anilines is 1. The lowest BCUT2D eigenvalue weighted by Gasteiger charge is -2.12. The van der Waals surface area contributed by atoms with Gasteiger partial charge in [-0.25, -0.2) is 4.79 Å². The molecule has 6 N–H and O–H groups in total. The highest BCUT2D eigenvalue weighted by molar-refractivity contribution is 7.86. The molecule has 3 aromatic rings. The number of nitrogens with two attached hydrogens (primary N) is 1. The van der Waals surface area contributed by atoms with Gasteiger partial charge in [0.15, 0.2) is 0 Å². The molecule has 162 valence electrons. The average Bonchev–Trinajstić information content (AvgIpc) is 2.65. The third-order valence-corrected chi connectivity index (χ3v) is 5.81. The maximum absolute atomic E-state index is 11.8. The number of hydrogen-bond donors (Lipinski definition) is 5. The van der Waals surface area contributed by atoms with E-state index in [0.29, 0.717) is 6.07 Å². The molecule has 0 aliphatic heterocycles. The van der Waals surface area contributed by atoms with Crippen molar-refractivity contribution in [2.45, 2.75) is 9.79 Å². The molecule has 0 amide bonds. The summed E-state index contributed by atoms with van der Waals surface area (Å²) in [7, 11) is -9.75. The first kappa shape index (κ1) is 22.1. The first-order valence-electron chi connectivity index (χ1n) is 8.08. The lowest BCUT2D eigenvalue weighted by Crippen LogP contribution is -2.03. The van der Waals surface area contributed by atoms with Gasteiger partial charge in [-0.3, -0.25) is 9.11 Å². The first-order chi connectivity index (χ1) is 14.3. The van der Waals surface area contributed by atoms with Crippen molar-refractivity contribution in [1.29, 1.82) is 0 Å². The Morgan fingerprint density at radius 3 is 2.03 bits per heavy atom. The van der Waals surface area contributed by atoms with Gasteiger partial charge in [0.25, 0.3) is 20.2 Å². The van der Waals surface area contributed by atoms with Crippen molar-refractivity contribution in [3.8, 4) is 5.75 Å². The second-order valence-corrected chi connectivity index (χ2v) is 8.99. The number of benzene rings is 3. The maximum Gasteiger partial charge on any atom is 0.335 e. The van der Waals surface area contributed by atoms with Crippen molar-refractivity contribution >= 4 is 54.0 Å². The molecule has 14 heteroatoms. The number of azo groups is 1. The Hall–Kier alpha value is -3.59. The van der Waals surface area contributed by atoms with Crippen molar-refractivity contribution in [3.05, 3.63) is 48.0 Å². The molecule has 0 radical (unpaired) electrons. The van der Waals surface area contributed by atoms with Gasteiger partial charge in [-0.15, -0.1) is 5.11 Å². The summed E-state index contributed by atoms with van der Waals surface area (Å²) in [5.41, 5.74) is 4.90. The zero-order valence-electron chi connectivity index (χ0n) is 15.2. The molecular weight excluding hydrogens is 454 g/mol. The number of carboxylic acids is 1. The average molecular weight is 467 g/mol. The van der Waals surface area contributed by atoms with Crippen molar-refractivity contribution < 1.29 is 40.9 Å². The van der Waals surface area contributed by atoms with Gasteiger partial charge in [-0.2, -0.15) is 21.9 Å². The smallest absolute Gasteiger partial charge is 0.335 e. The number of carbonyl (C=O) groups is 1. The standard InChI is InChI=1S/C17H13N3O9S2/c18-12-6-10(30(24,25)26)5-11-15(12)13(21)7-14(31(27,28)29)16(11)20-19-9-3-1-8(2-4-9)17(22)23/h1-7,21H,18H2,(H,22,23)(H,24,25,26)(H,27,28,29)/b20-19+. The van der Waals surface area contributed by atoms with E-state index in [4.69, 9.17) is 10.8 Å². The molecule has 0 spiro atoms. The summed E-state index contributed by atoms with van der Waals surface area (Å²) in [6, 6.07) is 7.26. The number of carboxylic acid groups (broad SMARTS) is 1. The fourth-order valence-electron chi connectivity index (χ4n) is 2.73. The van der Waals surface area contributed by atoms with Gasteiger partial charge >= 0.3 is 5.97 Å². The SMILES string of the molecule is Nc1cc(S(=O)(=O)O)cc2c(/N=N/c3ccc(C(=O)O)cc3)c(S(=O)(=O)O)cc(O)c12. The zero-order valence-corrected chi connectivity index (χ0v) is 16.8. The van der Waals surface area contributed by atoms with Crippen LogP contribution in [-0.2, 0) is 20.2 Å². The molecule has 0 saturated carbocycles. The fourth-order valence-corrected chi connectivity index (χ4v) is 3.93. The van der Waals surface area contributed by atoms with Crippen LogP contribution in [0.3, 0.4) is 0 Å². The molecule has 0 aliphatic rings. The van der Waals surface area contributed by atoms with E-state index in [1.54, 1.807) is 0 Å². The second-order valence-electron chi connectivity index (χ2n) is 6.18. The van der Waals surface area contributed by atoms with Crippen LogP contribution in [0.1, 0.15) is 10.4 Å². The molecule has 0 unspecified atom stereocenters. The van der Waals surface area contributed by atoms with Gasteiger partial charge in [0.1, 0.15) is 16.3 Å². The van der Waals surface area contributed by atoms with Crippen LogP contribution >= 0.6 is 0 Å². The van der Waals surface area contributed by atoms with Crippen LogP contribution in [0.2, 0.25) is 0 Å². The van der Waals surface area contributed by atoms with Crippen LogP contribution in [0.25, 0.3) is 10.8 Å². The Kier molecular flexibility index (Phi) is 5.41. The van der Waals surface area contributed by atoms with Crippen LogP contribution in [0.5, 0.6) is 5.75 Å². The van der Waals surface area contributed by atoms with Crippen LogP contribution in [-0.4, -0.2) is 42.1 Å². The number of nitrogen functional groups attached to an aromatic ring is 1. The van der Waals surface area contributed by atoms with Crippen molar-refractivity contribution in [3.63, 3.8) is 0 Å². The third kappa shape index (κ3) is 4.46. The van der Waals surface area contributed by atoms with Gasteiger partial charge in [-0.1, -0.05) is 0 Å². The minimum absolute atomic E-state index is 0.0433. The summed E-state index contributed by atoms with van der Waals surface area (Å²) in [4.78, 5) is 9.29. The molecule has 3 rings (SSSR count). The summed E-state index contributed by atoms with van der Waals surface area (Å²) in [6.07, 6.45) is 0. The van der Waals surface area contributed by atoms with E-state index in [1.165, 1.54) is 24.3 Å². The molecule has 0 aliphatic carbocycles. The molecule has 0 atom stereocenters. The van der Waals surface area contributed by atoms with E-state index in [9.17, 15) is 35.8 Å². The number of aromatic hydroxyl groups is 1. The fraction of sp³-hybridized carbons (Fsp3) is 0. The van der Waals surface area contributed by atoms with E-state index < -0.39 is 47.4 Å². The lowest BCUT2D eigenvalue weighted by molar-refractivity contribution is 0.0697. The molecule has 0 bridgehead atoms. The van der Waals surface area contributed by atoms with Crippen molar-refractivity contribution in [1.82, 2.24) is 0 Å². The second kappa shape index (κ2) is 7.59. The lowest BCUT2D eigenvalue weighted by atomic mass is 10.1. The Labute approximate surface area is 174 Å². The van der Waals surface area contributed by atoms with Crippen LogP contribution in [0, 0.1) is 0 Å². The topological polar surface area (TPSA) is 217 Å². The van der Waals surface area contributed by atoms with Crippen LogP contribution < -0.4 is 5.73 Å². The zero-order chi connectivity index (χ0) is 23.1. The first-order valence-corrected chi connectivity index (χ1v) is 11.0. The van der Waals surface area contributed by atoms with E-state index in [-0.39, 0.29) is 27.7 Å². The number of phenolic OH excluding ortho intramolecular Hbond substituents is 1. The van der Waals surface area contributed by atoms with Crippen molar-refractivity contribution in [2.75, 3.05) is 5.73 Å². The Balaban J connectivity index is 2.34. The molecule has 0 heterocycles. The Morgan fingerprint density at radius 2 is 1.52 bits per heavy atom. The van der Waals surface area contributed by atoms with Gasteiger partial charge in [0, 0.05) is 22.5 Å². The predicted molar refractivity (Wildman–Crippen MR) is 107 cm³/mol. The number of fused-ring (bicyclic) bond motifs is 1. The predicted octanol–water partition coefficient (Wildman–Crippen LogP) is 2.73. The van der Waals surface area contributed by atoms with Crippen LogP contribution in [0.15, 0.2) is 62.5 Å². The van der Waals surface area contributed by atoms with Gasteiger partial charge in [0.05, 0.1) is 16.1 Å². The molecule has 0 fully saturated rings. The number of rotatable bonds is 5. The van der Waals surface area contributed by atoms with E-state index in [2.05, 4.69) is 10.2 Å². The van der Waals surface area contributed by atoms with Gasteiger partial charge in [-0.05, 0) is 36.4 Å². The van der Waals surface area contributed by atoms with E-state index >= 15 is 0 Å². The molecule has 0 saturated heterocycles. The highest BCUT2D eigenvalue weighted by Crippen LogP contribution is 2.43. The highest BCUT2D eigenvalue weighted by atomic mass is 32.2. The van der Waals surface area contributed by atoms with Crippen LogP contribution in [0.4, 0.5) is 17.1 Å². The normalized spacial score (nSPS) is 12.5. The number of hydrogen-bond acceptors (Lipinski definition) is 9. The molecule has 31 heavy (non-hydrogen) atoms. The summed E-state index contributed by atoms with van der Waals surface area (Å²) in [5, 5.41) is 26.1. The molecular formula is C17H13N3O9S2. The largest absolute Gasteiger partial charge is 0.507 e. The van der Waals surface area contributed by atoms with Gasteiger partial charge < -0.3 is 15.9 Å². The molecule has 12 nitrogen and oxygen atoms in total. The van der Waals surface area contributed by atoms with Gasteiger partial charge in [0.2, 0.25) is 0 Å². The third-order valence-electron chi connectivity index (χ3n) is 4.11. The van der Waals surface area contributed by atoms with Crippen molar-refractivity contribution in [2.24, 2.45) is 10.2 Å². The van der Waals surface area contributed by atoms with E-state index in [0.717, 1.165) is 12.1 Å². The summed E-state index contributed by atoms with van der Waals surface area (Å²) >= 11 is 0. The molecule has 0 aromatic heterocycles. The maximum atomic E-state index is 11.8. The summed E-state index contributed by atoms with van der Waals surface area (Å²) in [5.74, 6) is -1.89. The quantitative estimate of drug-likeness (QED) is 0.210. The van der Waals surface area contributed by atoms with E-state index in [1.807, 2.05) is 0 Å². The minimum Gasteiger partial charge on any atom is -0.507 e. The monoisotopic (exact) mass is 467 g/mol. The highest BCUT2D eigenvalue weighted by Gasteiger charge is 2.24. The minimum atomic E-state index is -4.98. The Bertz CT molecular complexity index is 1450. The summed E-state index contributed by atoms with van der Waals surface area (Å²) < 4.78 is 65.6. The Morgan fingerprint density at radius 1 is 0.903 bits per heavy atom. The number of phenols is 1. The summed E-state index contributed by atoms with van der Waals surface area (Å²) in [6.45, 7) is 0. The number of aromatic carboxylic acids is 1. The number of nitrogens with zero attached hydrogens (tertiary/aromatic N) is 2. The molecule has 3 aromatic carbocycles.